The van der Waals surface area contributed by atoms with Crippen molar-refractivity contribution in [3.8, 4) is 0 Å². The lowest BCUT2D eigenvalue weighted by molar-refractivity contribution is -0.141. The molecule has 1 atom stereocenters. The molecule has 0 spiro atoms. The van der Waals surface area contributed by atoms with E-state index >= 15 is 0 Å². The molecule has 16 heavy (non-hydrogen) atoms. The second-order valence-corrected chi connectivity index (χ2v) is 3.78. The van der Waals surface area contributed by atoms with Crippen molar-refractivity contribution in [1.82, 2.24) is 10.2 Å². The molecule has 1 aromatic carbocycles. The number of benzene rings is 1. The fourth-order valence-electron chi connectivity index (χ4n) is 1.63. The molecule has 0 aliphatic rings. The van der Waals surface area contributed by atoms with Crippen LogP contribution in [-0.4, -0.2) is 21.3 Å². The van der Waals surface area contributed by atoms with Crippen LogP contribution in [0.4, 0.5) is 4.39 Å². The Labute approximate surface area is 91.1 Å². The molecule has 2 N–H and O–H groups in total. The summed E-state index contributed by atoms with van der Waals surface area (Å²) in [6.07, 6.45) is 0.243. The number of aromatic amines is 1. The molecule has 0 saturated heterocycles. The van der Waals surface area contributed by atoms with Crippen molar-refractivity contribution in [3.63, 3.8) is 0 Å². The maximum Gasteiger partial charge on any atom is 0.306 e. The molecule has 1 aromatic heterocycles. The molecule has 2 rings (SSSR count). The van der Waals surface area contributed by atoms with Gasteiger partial charge in [-0.05, 0) is 12.1 Å². The normalized spacial score (nSPS) is 12.9. The van der Waals surface area contributed by atoms with Crippen LogP contribution in [0.25, 0.3) is 10.9 Å². The first-order chi connectivity index (χ1) is 7.59. The standard InChI is InChI=1S/C11H11FN2O2/c1-6(11(15)16)5-9-10-7(12)3-2-4-8(10)13-14-9/h2-4,6H,5H2,1H3,(H,13,14)(H,15,16). The number of carboxylic acids is 1. The van der Waals surface area contributed by atoms with Crippen LogP contribution in [0.5, 0.6) is 0 Å². The number of nitrogens with one attached hydrogen (secondary N) is 1. The Balaban J connectivity index is 2.42. The van der Waals surface area contributed by atoms with E-state index in [4.69, 9.17) is 5.11 Å². The summed E-state index contributed by atoms with van der Waals surface area (Å²) < 4.78 is 13.5. The number of fused-ring (bicyclic) bond motifs is 1. The number of aliphatic carboxylic acids is 1. The van der Waals surface area contributed by atoms with E-state index in [9.17, 15) is 9.18 Å². The summed E-state index contributed by atoms with van der Waals surface area (Å²) in [6, 6.07) is 4.60. The van der Waals surface area contributed by atoms with Crippen molar-refractivity contribution in [2.45, 2.75) is 13.3 Å². The average molecular weight is 222 g/mol. The fraction of sp³-hybridized carbons (Fsp3) is 0.273. The Morgan fingerprint density at radius 2 is 2.38 bits per heavy atom. The van der Waals surface area contributed by atoms with Crippen molar-refractivity contribution in [3.05, 3.63) is 29.7 Å². The minimum Gasteiger partial charge on any atom is -0.481 e. The molecule has 0 bridgehead atoms. The number of carboxylic acid groups (broad SMARTS) is 1. The summed E-state index contributed by atoms with van der Waals surface area (Å²) in [5.74, 6) is -1.85. The van der Waals surface area contributed by atoms with Crippen LogP contribution in [-0.2, 0) is 11.2 Å². The largest absolute Gasteiger partial charge is 0.481 e. The minimum atomic E-state index is -0.904. The molecule has 4 nitrogen and oxygen atoms in total. The SMILES string of the molecule is CC(Cc1[nH]nc2cccc(F)c12)C(=O)O. The van der Waals surface area contributed by atoms with Crippen LogP contribution >= 0.6 is 0 Å². The molecule has 0 amide bonds. The van der Waals surface area contributed by atoms with E-state index in [2.05, 4.69) is 10.2 Å². The van der Waals surface area contributed by atoms with Gasteiger partial charge in [-0.25, -0.2) is 4.39 Å². The highest BCUT2D eigenvalue weighted by atomic mass is 19.1. The summed E-state index contributed by atoms with van der Waals surface area (Å²) in [7, 11) is 0. The highest BCUT2D eigenvalue weighted by molar-refractivity contribution is 5.82. The van der Waals surface area contributed by atoms with Crippen molar-refractivity contribution in [2.24, 2.45) is 5.92 Å². The zero-order chi connectivity index (χ0) is 11.7. The number of halogens is 1. The van der Waals surface area contributed by atoms with E-state index in [1.165, 1.54) is 6.07 Å². The van der Waals surface area contributed by atoms with Gasteiger partial charge in [-0.15, -0.1) is 0 Å². The average Bonchev–Trinajstić information content (AvgIpc) is 2.63. The number of rotatable bonds is 3. The fourth-order valence-corrected chi connectivity index (χ4v) is 1.63. The highest BCUT2D eigenvalue weighted by Crippen LogP contribution is 2.21. The van der Waals surface area contributed by atoms with E-state index in [1.54, 1.807) is 19.1 Å². The first-order valence-corrected chi connectivity index (χ1v) is 4.94. The molecule has 0 fully saturated rings. The van der Waals surface area contributed by atoms with E-state index in [1.807, 2.05) is 0 Å². The molecule has 0 radical (unpaired) electrons. The van der Waals surface area contributed by atoms with Crippen molar-refractivity contribution < 1.29 is 14.3 Å². The molecular weight excluding hydrogens is 211 g/mol. The van der Waals surface area contributed by atoms with E-state index in [-0.39, 0.29) is 12.2 Å². The Bertz CT molecular complexity index is 536. The van der Waals surface area contributed by atoms with Crippen molar-refractivity contribution in [2.75, 3.05) is 0 Å². The quantitative estimate of drug-likeness (QED) is 0.834. The maximum atomic E-state index is 13.5. The number of nitrogens with zero attached hydrogens (tertiary/aromatic N) is 1. The van der Waals surface area contributed by atoms with Crippen LogP contribution in [0.3, 0.4) is 0 Å². The molecule has 2 aromatic rings. The Morgan fingerprint density at radius 1 is 1.62 bits per heavy atom. The van der Waals surface area contributed by atoms with E-state index < -0.39 is 11.9 Å². The summed E-state index contributed by atoms with van der Waals surface area (Å²) in [5, 5.41) is 15.8. The molecule has 84 valence electrons. The second-order valence-electron chi connectivity index (χ2n) is 3.78. The zero-order valence-corrected chi connectivity index (χ0v) is 8.70. The third kappa shape index (κ3) is 1.76. The zero-order valence-electron chi connectivity index (χ0n) is 8.70. The van der Waals surface area contributed by atoms with Gasteiger partial charge in [-0.3, -0.25) is 9.89 Å². The monoisotopic (exact) mass is 222 g/mol. The van der Waals surface area contributed by atoms with Crippen LogP contribution in [0.15, 0.2) is 18.2 Å². The minimum absolute atomic E-state index is 0.243. The Morgan fingerprint density at radius 3 is 3.06 bits per heavy atom. The number of carbonyl (C=O) groups is 1. The second kappa shape index (κ2) is 3.92. The first-order valence-electron chi connectivity index (χ1n) is 4.94. The number of H-pyrrole nitrogens is 1. The lowest BCUT2D eigenvalue weighted by atomic mass is 10.0. The van der Waals surface area contributed by atoms with Gasteiger partial charge in [0, 0.05) is 12.1 Å². The molecule has 5 heteroatoms. The summed E-state index contributed by atoms with van der Waals surface area (Å²) in [4.78, 5) is 10.7. The molecule has 0 aliphatic heterocycles. The highest BCUT2D eigenvalue weighted by Gasteiger charge is 2.16. The summed E-state index contributed by atoms with van der Waals surface area (Å²) >= 11 is 0. The molecule has 0 saturated carbocycles. The molecular formula is C11H11FN2O2. The van der Waals surface area contributed by atoms with Crippen LogP contribution in [0, 0.1) is 11.7 Å². The first kappa shape index (κ1) is 10.6. The van der Waals surface area contributed by atoms with Gasteiger partial charge < -0.3 is 5.11 Å². The lowest BCUT2D eigenvalue weighted by Gasteiger charge is -2.04. The van der Waals surface area contributed by atoms with Crippen LogP contribution in [0.2, 0.25) is 0 Å². The van der Waals surface area contributed by atoms with Gasteiger partial charge in [-0.1, -0.05) is 13.0 Å². The topological polar surface area (TPSA) is 66.0 Å². The van der Waals surface area contributed by atoms with Gasteiger partial charge in [0.15, 0.2) is 0 Å². The summed E-state index contributed by atoms with van der Waals surface area (Å²) in [5.41, 5.74) is 1.05. The maximum absolute atomic E-state index is 13.5. The molecule has 0 aliphatic carbocycles. The predicted molar refractivity (Wildman–Crippen MR) is 56.6 cm³/mol. The van der Waals surface area contributed by atoms with Crippen LogP contribution in [0.1, 0.15) is 12.6 Å². The number of hydrogen-bond donors (Lipinski definition) is 2. The third-order valence-electron chi connectivity index (χ3n) is 2.54. The van der Waals surface area contributed by atoms with Crippen molar-refractivity contribution in [1.29, 1.82) is 0 Å². The van der Waals surface area contributed by atoms with E-state index in [0.29, 0.717) is 16.6 Å². The molecule has 1 unspecified atom stereocenters. The van der Waals surface area contributed by atoms with Crippen molar-refractivity contribution >= 4 is 16.9 Å². The van der Waals surface area contributed by atoms with Gasteiger partial charge in [0.25, 0.3) is 0 Å². The number of hydrogen-bond acceptors (Lipinski definition) is 2. The van der Waals surface area contributed by atoms with Gasteiger partial charge in [0.2, 0.25) is 0 Å². The molecule has 1 heterocycles. The number of aromatic nitrogens is 2. The summed E-state index contributed by atoms with van der Waals surface area (Å²) in [6.45, 7) is 1.58. The van der Waals surface area contributed by atoms with E-state index in [0.717, 1.165) is 0 Å². The predicted octanol–water partition coefficient (Wildman–Crippen LogP) is 1.97. The lowest BCUT2D eigenvalue weighted by Crippen LogP contribution is -2.12. The van der Waals surface area contributed by atoms with Crippen LogP contribution < -0.4 is 0 Å². The van der Waals surface area contributed by atoms with Gasteiger partial charge >= 0.3 is 5.97 Å². The van der Waals surface area contributed by atoms with Gasteiger partial charge in [-0.2, -0.15) is 5.10 Å². The Hall–Kier alpha value is -1.91. The van der Waals surface area contributed by atoms with Gasteiger partial charge in [0.05, 0.1) is 16.8 Å². The smallest absolute Gasteiger partial charge is 0.306 e. The van der Waals surface area contributed by atoms with Gasteiger partial charge in [0.1, 0.15) is 5.82 Å². The Kier molecular flexibility index (Phi) is 2.60. The third-order valence-corrected chi connectivity index (χ3v) is 2.54.